The number of methoxy groups -OCH3 is 1. The van der Waals surface area contributed by atoms with Gasteiger partial charge in [-0.25, -0.2) is 0 Å². The van der Waals surface area contributed by atoms with Crippen molar-refractivity contribution in [3.8, 4) is 11.5 Å². The van der Waals surface area contributed by atoms with Gasteiger partial charge in [-0.15, -0.1) is 0 Å². The summed E-state index contributed by atoms with van der Waals surface area (Å²) < 4.78 is 11.0. The lowest BCUT2D eigenvalue weighted by molar-refractivity contribution is -0.132. The summed E-state index contributed by atoms with van der Waals surface area (Å²) in [5, 5.41) is 10.1. The monoisotopic (exact) mass is 431 g/mol. The van der Waals surface area contributed by atoms with E-state index in [0.717, 1.165) is 31.2 Å². The molecule has 3 rings (SSSR count). The fourth-order valence-corrected chi connectivity index (χ4v) is 3.79. The fourth-order valence-electron chi connectivity index (χ4n) is 3.79. The van der Waals surface area contributed by atoms with E-state index in [-0.39, 0.29) is 30.0 Å². The molecule has 1 fully saturated rings. The predicted octanol–water partition coefficient (Wildman–Crippen LogP) is 2.93. The van der Waals surface area contributed by atoms with Crippen LogP contribution in [-0.2, 0) is 14.4 Å². The Labute approximate surface area is 183 Å². The zero-order valence-corrected chi connectivity index (χ0v) is 18.8. The molecule has 1 aromatic carbocycles. The van der Waals surface area contributed by atoms with Crippen molar-refractivity contribution in [1.29, 1.82) is 0 Å². The Morgan fingerprint density at radius 3 is 2.58 bits per heavy atom. The van der Waals surface area contributed by atoms with Crippen LogP contribution in [0.15, 0.2) is 23.4 Å². The van der Waals surface area contributed by atoms with E-state index in [9.17, 15) is 9.59 Å². The second-order valence-corrected chi connectivity index (χ2v) is 9.13. The normalized spacial score (nSPS) is 19.2. The van der Waals surface area contributed by atoms with E-state index in [4.69, 9.17) is 14.3 Å². The van der Waals surface area contributed by atoms with E-state index < -0.39 is 6.10 Å². The maximum atomic E-state index is 12.5. The average molecular weight is 432 g/mol. The number of nitrogens with one attached hydrogen (secondary N) is 2. The quantitative estimate of drug-likeness (QED) is 0.692. The second kappa shape index (κ2) is 10.0. The third kappa shape index (κ3) is 6.60. The van der Waals surface area contributed by atoms with Crippen molar-refractivity contribution in [2.24, 2.45) is 5.16 Å². The Morgan fingerprint density at radius 2 is 1.90 bits per heavy atom. The van der Waals surface area contributed by atoms with Crippen molar-refractivity contribution in [2.45, 2.75) is 77.0 Å². The number of carbonyl (C=O) groups is 2. The van der Waals surface area contributed by atoms with Gasteiger partial charge in [-0.1, -0.05) is 24.4 Å². The van der Waals surface area contributed by atoms with Crippen LogP contribution in [0.1, 0.15) is 64.9 Å². The SMILES string of the molecule is COc1cc(C2=NOC(C(=O)NC3CCCCC3)C2)ccc1OCC(=O)NC(C)(C)C. The largest absolute Gasteiger partial charge is 0.493 e. The predicted molar refractivity (Wildman–Crippen MR) is 117 cm³/mol. The Hall–Kier alpha value is -2.77. The number of benzene rings is 1. The van der Waals surface area contributed by atoms with Crippen LogP contribution in [0.3, 0.4) is 0 Å². The van der Waals surface area contributed by atoms with Crippen molar-refractivity contribution in [3.63, 3.8) is 0 Å². The van der Waals surface area contributed by atoms with Crippen molar-refractivity contribution in [2.75, 3.05) is 13.7 Å². The second-order valence-electron chi connectivity index (χ2n) is 9.13. The van der Waals surface area contributed by atoms with Crippen LogP contribution >= 0.6 is 0 Å². The minimum Gasteiger partial charge on any atom is -0.493 e. The van der Waals surface area contributed by atoms with E-state index in [1.807, 2.05) is 26.8 Å². The molecule has 8 heteroatoms. The number of hydrogen-bond acceptors (Lipinski definition) is 6. The van der Waals surface area contributed by atoms with E-state index in [2.05, 4.69) is 15.8 Å². The van der Waals surface area contributed by atoms with E-state index >= 15 is 0 Å². The van der Waals surface area contributed by atoms with Crippen LogP contribution in [0.25, 0.3) is 0 Å². The van der Waals surface area contributed by atoms with Gasteiger partial charge in [0.15, 0.2) is 18.1 Å². The standard InChI is InChI=1S/C23H33N3O5/c1-23(2,3)25-21(27)14-30-18-11-10-15(12-19(18)29-4)17-13-20(31-26-17)22(28)24-16-8-6-5-7-9-16/h10-12,16,20H,5-9,13-14H2,1-4H3,(H,24,28)(H,25,27). The van der Waals surface area contributed by atoms with Gasteiger partial charge in [-0.05, 0) is 51.8 Å². The molecule has 2 N–H and O–H groups in total. The molecule has 0 saturated heterocycles. The molecule has 0 spiro atoms. The van der Waals surface area contributed by atoms with Gasteiger partial charge >= 0.3 is 0 Å². The minimum atomic E-state index is -0.611. The summed E-state index contributed by atoms with van der Waals surface area (Å²) >= 11 is 0. The summed E-state index contributed by atoms with van der Waals surface area (Å²) in [6, 6.07) is 5.57. The summed E-state index contributed by atoms with van der Waals surface area (Å²) in [5.74, 6) is 0.627. The summed E-state index contributed by atoms with van der Waals surface area (Å²) in [6.45, 7) is 5.62. The first kappa shape index (κ1) is 22.9. The molecule has 2 aliphatic rings. The molecule has 170 valence electrons. The zero-order chi connectivity index (χ0) is 22.4. The lowest BCUT2D eigenvalue weighted by Gasteiger charge is -2.23. The first-order valence-electron chi connectivity index (χ1n) is 10.9. The molecule has 1 atom stereocenters. The highest BCUT2D eigenvalue weighted by Crippen LogP contribution is 2.30. The lowest BCUT2D eigenvalue weighted by Crippen LogP contribution is -2.43. The molecule has 0 aromatic heterocycles. The first-order valence-corrected chi connectivity index (χ1v) is 10.9. The van der Waals surface area contributed by atoms with Crippen LogP contribution in [0.4, 0.5) is 0 Å². The van der Waals surface area contributed by atoms with Crippen LogP contribution in [0.2, 0.25) is 0 Å². The molecule has 0 radical (unpaired) electrons. The Morgan fingerprint density at radius 1 is 1.16 bits per heavy atom. The third-order valence-corrected chi connectivity index (χ3v) is 5.28. The van der Waals surface area contributed by atoms with Crippen LogP contribution in [0, 0.1) is 0 Å². The summed E-state index contributed by atoms with van der Waals surface area (Å²) in [7, 11) is 1.54. The zero-order valence-electron chi connectivity index (χ0n) is 18.8. The van der Waals surface area contributed by atoms with Gasteiger partial charge in [0.25, 0.3) is 11.8 Å². The van der Waals surface area contributed by atoms with Gasteiger partial charge in [0, 0.05) is 23.6 Å². The molecule has 0 bridgehead atoms. The minimum absolute atomic E-state index is 0.109. The summed E-state index contributed by atoms with van der Waals surface area (Å²) in [4.78, 5) is 29.9. The molecule has 31 heavy (non-hydrogen) atoms. The summed E-state index contributed by atoms with van der Waals surface area (Å²) in [5.41, 5.74) is 1.14. The Balaban J connectivity index is 1.56. The van der Waals surface area contributed by atoms with Gasteiger partial charge in [-0.3, -0.25) is 9.59 Å². The lowest BCUT2D eigenvalue weighted by atomic mass is 9.95. The number of amides is 2. The number of ether oxygens (including phenoxy) is 2. The average Bonchev–Trinajstić information content (AvgIpc) is 3.22. The van der Waals surface area contributed by atoms with Crippen LogP contribution in [0.5, 0.6) is 11.5 Å². The molecular weight excluding hydrogens is 398 g/mol. The first-order chi connectivity index (χ1) is 14.7. The molecule has 1 aliphatic heterocycles. The van der Waals surface area contributed by atoms with Gasteiger partial charge < -0.3 is 24.9 Å². The van der Waals surface area contributed by atoms with E-state index in [1.54, 1.807) is 12.1 Å². The van der Waals surface area contributed by atoms with Crippen molar-refractivity contribution in [3.05, 3.63) is 23.8 Å². The maximum Gasteiger partial charge on any atom is 0.264 e. The number of rotatable bonds is 7. The van der Waals surface area contributed by atoms with Crippen molar-refractivity contribution < 1.29 is 23.9 Å². The van der Waals surface area contributed by atoms with Crippen molar-refractivity contribution >= 4 is 17.5 Å². The maximum absolute atomic E-state index is 12.5. The number of nitrogens with zero attached hydrogens (tertiary/aromatic N) is 1. The molecular formula is C23H33N3O5. The van der Waals surface area contributed by atoms with Crippen LogP contribution in [-0.4, -0.2) is 48.9 Å². The highest BCUT2D eigenvalue weighted by Gasteiger charge is 2.31. The van der Waals surface area contributed by atoms with Gasteiger partial charge in [0.2, 0.25) is 6.10 Å². The molecule has 1 aliphatic carbocycles. The van der Waals surface area contributed by atoms with Crippen LogP contribution < -0.4 is 20.1 Å². The van der Waals surface area contributed by atoms with Gasteiger partial charge in [0.05, 0.1) is 12.8 Å². The number of hydrogen-bond donors (Lipinski definition) is 2. The number of oxime groups is 1. The van der Waals surface area contributed by atoms with E-state index in [1.165, 1.54) is 13.5 Å². The number of carbonyl (C=O) groups excluding carboxylic acids is 2. The molecule has 1 aromatic rings. The Kier molecular flexibility index (Phi) is 7.41. The highest BCUT2D eigenvalue weighted by molar-refractivity contribution is 6.04. The van der Waals surface area contributed by atoms with Gasteiger partial charge in [0.1, 0.15) is 0 Å². The molecule has 1 heterocycles. The Bertz CT molecular complexity index is 825. The molecule has 8 nitrogen and oxygen atoms in total. The molecule has 1 unspecified atom stereocenters. The molecule has 2 amide bonds. The van der Waals surface area contributed by atoms with Gasteiger partial charge in [-0.2, -0.15) is 0 Å². The summed E-state index contributed by atoms with van der Waals surface area (Å²) in [6.07, 6.45) is 5.39. The van der Waals surface area contributed by atoms with Crippen molar-refractivity contribution in [1.82, 2.24) is 10.6 Å². The smallest absolute Gasteiger partial charge is 0.264 e. The molecule has 1 saturated carbocycles. The fraction of sp³-hybridized carbons (Fsp3) is 0.609. The third-order valence-electron chi connectivity index (χ3n) is 5.28. The highest BCUT2D eigenvalue weighted by atomic mass is 16.6. The van der Waals surface area contributed by atoms with E-state index in [0.29, 0.717) is 23.6 Å². The topological polar surface area (TPSA) is 98.2 Å².